The number of amides is 1. The molecule has 1 aromatic carbocycles. The van der Waals surface area contributed by atoms with Crippen molar-refractivity contribution in [2.75, 3.05) is 20.3 Å². The molecule has 2 atom stereocenters. The van der Waals surface area contributed by atoms with Crippen molar-refractivity contribution in [3.63, 3.8) is 0 Å². The molecule has 21 heavy (non-hydrogen) atoms. The van der Waals surface area contributed by atoms with E-state index < -0.39 is 11.9 Å². The van der Waals surface area contributed by atoms with Gasteiger partial charge in [0.25, 0.3) is 5.91 Å². The normalized spacial score (nSPS) is 21.1. The zero-order valence-corrected chi connectivity index (χ0v) is 12.1. The van der Waals surface area contributed by atoms with Gasteiger partial charge in [-0.25, -0.2) is 0 Å². The number of likely N-dealkylation sites (tertiary alicyclic amines) is 1. The van der Waals surface area contributed by atoms with Crippen molar-refractivity contribution in [2.24, 2.45) is 5.92 Å². The maximum absolute atomic E-state index is 12.1. The lowest BCUT2D eigenvalue weighted by molar-refractivity contribution is -0.143. The monoisotopic (exact) mass is 293 g/mol. The molecule has 1 aromatic rings. The zero-order chi connectivity index (χ0) is 15.4. The van der Waals surface area contributed by atoms with Gasteiger partial charge in [0, 0.05) is 18.7 Å². The highest BCUT2D eigenvalue weighted by Gasteiger charge is 2.38. The van der Waals surface area contributed by atoms with Gasteiger partial charge in [-0.15, -0.1) is 0 Å². The van der Waals surface area contributed by atoms with Gasteiger partial charge in [0.05, 0.1) is 13.0 Å². The summed E-state index contributed by atoms with van der Waals surface area (Å²) in [5.41, 5.74) is 0. The Bertz CT molecular complexity index is 531. The van der Waals surface area contributed by atoms with Crippen molar-refractivity contribution < 1.29 is 24.2 Å². The fourth-order valence-corrected chi connectivity index (χ4v) is 2.54. The third-order valence-electron chi connectivity index (χ3n) is 3.80. The van der Waals surface area contributed by atoms with Gasteiger partial charge in [-0.1, -0.05) is 6.07 Å². The van der Waals surface area contributed by atoms with Crippen LogP contribution in [0.15, 0.2) is 24.3 Å². The van der Waals surface area contributed by atoms with Gasteiger partial charge in [-0.05, 0) is 25.5 Å². The average Bonchev–Trinajstić information content (AvgIpc) is 2.87. The van der Waals surface area contributed by atoms with E-state index in [2.05, 4.69) is 0 Å². The SMILES string of the molecule is COc1cccc(OCC(=O)N2CCC(C(=O)O)C2C)c1. The number of nitrogens with zero attached hydrogens (tertiary/aromatic N) is 1. The van der Waals surface area contributed by atoms with Gasteiger partial charge in [-0.2, -0.15) is 0 Å². The van der Waals surface area contributed by atoms with E-state index in [9.17, 15) is 9.59 Å². The van der Waals surface area contributed by atoms with Crippen molar-refractivity contribution in [3.05, 3.63) is 24.3 Å². The third-order valence-corrected chi connectivity index (χ3v) is 3.80. The number of carbonyl (C=O) groups excluding carboxylic acids is 1. The fraction of sp³-hybridized carbons (Fsp3) is 0.467. The van der Waals surface area contributed by atoms with Crippen LogP contribution >= 0.6 is 0 Å². The van der Waals surface area contributed by atoms with Crippen LogP contribution in [0.4, 0.5) is 0 Å². The molecule has 1 fully saturated rings. The topological polar surface area (TPSA) is 76.1 Å². The first-order valence-corrected chi connectivity index (χ1v) is 6.82. The second-order valence-corrected chi connectivity index (χ2v) is 5.03. The Balaban J connectivity index is 1.91. The second kappa shape index (κ2) is 6.47. The summed E-state index contributed by atoms with van der Waals surface area (Å²) in [4.78, 5) is 24.7. The van der Waals surface area contributed by atoms with E-state index in [0.717, 1.165) is 0 Å². The Morgan fingerprint density at radius 1 is 1.38 bits per heavy atom. The number of rotatable bonds is 5. The zero-order valence-electron chi connectivity index (χ0n) is 12.1. The highest BCUT2D eigenvalue weighted by atomic mass is 16.5. The molecule has 1 heterocycles. The molecule has 114 valence electrons. The molecule has 0 aliphatic carbocycles. The summed E-state index contributed by atoms with van der Waals surface area (Å²) in [6.07, 6.45) is 0.487. The molecule has 1 amide bonds. The van der Waals surface area contributed by atoms with Crippen molar-refractivity contribution in [1.82, 2.24) is 4.90 Å². The molecule has 6 nitrogen and oxygen atoms in total. The van der Waals surface area contributed by atoms with E-state index in [-0.39, 0.29) is 18.6 Å². The molecule has 0 aromatic heterocycles. The number of hydrogen-bond acceptors (Lipinski definition) is 4. The Morgan fingerprint density at radius 3 is 2.71 bits per heavy atom. The molecule has 1 aliphatic heterocycles. The van der Waals surface area contributed by atoms with Crippen molar-refractivity contribution in [2.45, 2.75) is 19.4 Å². The van der Waals surface area contributed by atoms with Gasteiger partial charge in [0.2, 0.25) is 0 Å². The highest BCUT2D eigenvalue weighted by Crippen LogP contribution is 2.25. The number of carboxylic acids is 1. The van der Waals surface area contributed by atoms with Gasteiger partial charge in [0.1, 0.15) is 11.5 Å². The maximum Gasteiger partial charge on any atom is 0.308 e. The van der Waals surface area contributed by atoms with E-state index in [4.69, 9.17) is 14.6 Å². The summed E-state index contributed by atoms with van der Waals surface area (Å²) < 4.78 is 10.5. The predicted octanol–water partition coefficient (Wildman–Crippen LogP) is 1.40. The number of benzene rings is 1. The standard InChI is InChI=1S/C15H19NO5/c1-10-13(15(18)19)6-7-16(10)14(17)9-21-12-5-3-4-11(8-12)20-2/h3-5,8,10,13H,6-7,9H2,1-2H3,(H,18,19). The lowest BCUT2D eigenvalue weighted by Crippen LogP contribution is -2.40. The Kier molecular flexibility index (Phi) is 4.67. The molecule has 1 aliphatic rings. The van der Waals surface area contributed by atoms with E-state index in [1.165, 1.54) is 0 Å². The lowest BCUT2D eigenvalue weighted by atomic mass is 10.0. The van der Waals surface area contributed by atoms with Crippen LogP contribution in [0.2, 0.25) is 0 Å². The molecule has 6 heteroatoms. The van der Waals surface area contributed by atoms with Crippen LogP contribution in [0.5, 0.6) is 11.5 Å². The van der Waals surface area contributed by atoms with Crippen LogP contribution in [0.3, 0.4) is 0 Å². The molecule has 1 saturated heterocycles. The first-order valence-electron chi connectivity index (χ1n) is 6.82. The summed E-state index contributed by atoms with van der Waals surface area (Å²) in [7, 11) is 1.56. The molecule has 1 N–H and O–H groups in total. The quantitative estimate of drug-likeness (QED) is 0.888. The molecule has 0 bridgehead atoms. The van der Waals surface area contributed by atoms with Gasteiger partial charge in [-0.3, -0.25) is 9.59 Å². The Morgan fingerprint density at radius 2 is 2.10 bits per heavy atom. The van der Waals surface area contributed by atoms with E-state index in [1.807, 2.05) is 0 Å². The number of aliphatic carboxylic acids is 1. The fourth-order valence-electron chi connectivity index (χ4n) is 2.54. The minimum Gasteiger partial charge on any atom is -0.497 e. The predicted molar refractivity (Wildman–Crippen MR) is 75.4 cm³/mol. The molecular weight excluding hydrogens is 274 g/mol. The summed E-state index contributed by atoms with van der Waals surface area (Å²) >= 11 is 0. The average molecular weight is 293 g/mol. The maximum atomic E-state index is 12.1. The lowest BCUT2D eigenvalue weighted by Gasteiger charge is -2.23. The van der Waals surface area contributed by atoms with Crippen LogP contribution < -0.4 is 9.47 Å². The Labute approximate surface area is 123 Å². The van der Waals surface area contributed by atoms with Crippen molar-refractivity contribution in [3.8, 4) is 11.5 Å². The Hall–Kier alpha value is -2.24. The summed E-state index contributed by atoms with van der Waals surface area (Å²) in [6, 6.07) is 6.69. The summed E-state index contributed by atoms with van der Waals surface area (Å²) in [5.74, 6) is -0.351. The van der Waals surface area contributed by atoms with Crippen LogP contribution in [0.25, 0.3) is 0 Å². The minimum absolute atomic E-state index is 0.107. The molecule has 2 rings (SSSR count). The summed E-state index contributed by atoms with van der Waals surface area (Å²) in [6.45, 7) is 2.11. The van der Waals surface area contributed by atoms with Crippen LogP contribution in [0, 0.1) is 5.92 Å². The number of carbonyl (C=O) groups is 2. The van der Waals surface area contributed by atoms with Crippen molar-refractivity contribution in [1.29, 1.82) is 0 Å². The molecule has 0 spiro atoms. The van der Waals surface area contributed by atoms with Crippen LogP contribution in [-0.4, -0.2) is 48.2 Å². The highest BCUT2D eigenvalue weighted by molar-refractivity contribution is 5.80. The van der Waals surface area contributed by atoms with Crippen LogP contribution in [0.1, 0.15) is 13.3 Å². The van der Waals surface area contributed by atoms with E-state index >= 15 is 0 Å². The largest absolute Gasteiger partial charge is 0.497 e. The second-order valence-electron chi connectivity index (χ2n) is 5.03. The first kappa shape index (κ1) is 15.2. The number of hydrogen-bond donors (Lipinski definition) is 1. The minimum atomic E-state index is -0.855. The molecule has 2 unspecified atom stereocenters. The van der Waals surface area contributed by atoms with E-state index in [1.54, 1.807) is 43.2 Å². The first-order chi connectivity index (χ1) is 10.0. The van der Waals surface area contributed by atoms with Gasteiger partial charge in [0.15, 0.2) is 6.61 Å². The van der Waals surface area contributed by atoms with Gasteiger partial charge >= 0.3 is 5.97 Å². The summed E-state index contributed by atoms with van der Waals surface area (Å²) in [5, 5.41) is 9.07. The smallest absolute Gasteiger partial charge is 0.308 e. The molecule has 0 radical (unpaired) electrons. The van der Waals surface area contributed by atoms with Gasteiger partial charge < -0.3 is 19.5 Å². The number of ether oxygens (including phenoxy) is 2. The third kappa shape index (κ3) is 3.45. The number of methoxy groups -OCH3 is 1. The molecule has 0 saturated carbocycles. The number of carboxylic acid groups (broad SMARTS) is 1. The van der Waals surface area contributed by atoms with Crippen molar-refractivity contribution >= 4 is 11.9 Å². The van der Waals surface area contributed by atoms with Crippen LogP contribution in [-0.2, 0) is 9.59 Å². The molecular formula is C15H19NO5. The van der Waals surface area contributed by atoms with E-state index in [0.29, 0.717) is 24.5 Å².